The van der Waals surface area contributed by atoms with E-state index in [0.29, 0.717) is 22.7 Å². The van der Waals surface area contributed by atoms with Crippen molar-refractivity contribution in [1.29, 1.82) is 0 Å². The molecule has 6 heteroatoms. The maximum Gasteiger partial charge on any atom is 0.224 e. The van der Waals surface area contributed by atoms with Crippen molar-refractivity contribution < 1.29 is 19.1 Å². The number of anilines is 2. The molecule has 0 bridgehead atoms. The summed E-state index contributed by atoms with van der Waals surface area (Å²) < 4.78 is 5.21. The minimum atomic E-state index is -0.273. The van der Waals surface area contributed by atoms with Crippen LogP contribution in [0.2, 0.25) is 0 Å². The Bertz CT molecular complexity index is 830. The molecule has 136 valence electrons. The smallest absolute Gasteiger partial charge is 0.224 e. The van der Waals surface area contributed by atoms with Gasteiger partial charge in [-0.05, 0) is 37.3 Å². The molecular weight excluding hydrogens is 332 g/mol. The van der Waals surface area contributed by atoms with E-state index in [0.717, 1.165) is 5.56 Å². The molecule has 2 aromatic carbocycles. The van der Waals surface area contributed by atoms with E-state index in [1.165, 1.54) is 14.0 Å². The quantitative estimate of drug-likeness (QED) is 0.745. The fourth-order valence-corrected chi connectivity index (χ4v) is 2.50. The van der Waals surface area contributed by atoms with E-state index < -0.39 is 0 Å². The predicted molar refractivity (Wildman–Crippen MR) is 101 cm³/mol. The normalized spacial score (nSPS) is 10.1. The second-order valence-electron chi connectivity index (χ2n) is 5.94. The molecule has 2 N–H and O–H groups in total. The van der Waals surface area contributed by atoms with Gasteiger partial charge in [-0.2, -0.15) is 0 Å². The van der Waals surface area contributed by atoms with Crippen LogP contribution in [-0.2, 0) is 9.59 Å². The number of amides is 2. The lowest BCUT2D eigenvalue weighted by atomic mass is 10.0. The Hall–Kier alpha value is -3.15. The van der Waals surface area contributed by atoms with Crippen molar-refractivity contribution in [2.24, 2.45) is 0 Å². The van der Waals surface area contributed by atoms with Crippen LogP contribution in [-0.4, -0.2) is 24.7 Å². The minimum Gasteiger partial charge on any atom is -0.496 e. The van der Waals surface area contributed by atoms with E-state index in [2.05, 4.69) is 10.6 Å². The molecule has 0 saturated carbocycles. The minimum absolute atomic E-state index is 0.0558. The molecule has 0 fully saturated rings. The Kier molecular flexibility index (Phi) is 6.49. The van der Waals surface area contributed by atoms with Crippen molar-refractivity contribution in [2.45, 2.75) is 26.7 Å². The first-order chi connectivity index (χ1) is 12.4. The molecule has 0 aliphatic carbocycles. The van der Waals surface area contributed by atoms with Gasteiger partial charge in [0.05, 0.1) is 12.7 Å². The third-order valence-corrected chi connectivity index (χ3v) is 3.70. The van der Waals surface area contributed by atoms with Gasteiger partial charge in [-0.15, -0.1) is 0 Å². The zero-order valence-electron chi connectivity index (χ0n) is 15.1. The van der Waals surface area contributed by atoms with Crippen LogP contribution < -0.4 is 15.4 Å². The highest BCUT2D eigenvalue weighted by atomic mass is 16.5. The van der Waals surface area contributed by atoms with E-state index in [-0.39, 0.29) is 30.4 Å². The average Bonchev–Trinajstić information content (AvgIpc) is 2.59. The van der Waals surface area contributed by atoms with Gasteiger partial charge in [0.2, 0.25) is 11.8 Å². The van der Waals surface area contributed by atoms with Crippen LogP contribution in [0.1, 0.15) is 35.7 Å². The number of hydrogen-bond acceptors (Lipinski definition) is 4. The monoisotopic (exact) mass is 354 g/mol. The molecule has 0 aliphatic rings. The molecular formula is C20H22N2O4. The van der Waals surface area contributed by atoms with Crippen LogP contribution >= 0.6 is 0 Å². The van der Waals surface area contributed by atoms with E-state index in [1.807, 2.05) is 13.0 Å². The van der Waals surface area contributed by atoms with Crippen LogP contribution in [0.4, 0.5) is 11.4 Å². The number of hydrogen-bond donors (Lipinski definition) is 2. The highest BCUT2D eigenvalue weighted by molar-refractivity contribution is 6.02. The number of rotatable bonds is 7. The molecule has 0 saturated heterocycles. The van der Waals surface area contributed by atoms with Gasteiger partial charge in [0.15, 0.2) is 5.78 Å². The Balaban J connectivity index is 1.96. The topological polar surface area (TPSA) is 84.5 Å². The first-order valence-electron chi connectivity index (χ1n) is 8.24. The third kappa shape index (κ3) is 5.44. The number of carbonyl (C=O) groups excluding carboxylic acids is 3. The van der Waals surface area contributed by atoms with Gasteiger partial charge < -0.3 is 15.4 Å². The molecule has 2 amide bonds. The van der Waals surface area contributed by atoms with Crippen LogP contribution in [0.3, 0.4) is 0 Å². The molecule has 2 rings (SSSR count). The second-order valence-corrected chi connectivity index (χ2v) is 5.94. The Labute approximate surface area is 152 Å². The largest absolute Gasteiger partial charge is 0.496 e. The molecule has 0 aromatic heterocycles. The summed E-state index contributed by atoms with van der Waals surface area (Å²) in [5.74, 6) is -0.104. The predicted octanol–water partition coefficient (Wildman–Crippen LogP) is 3.56. The Morgan fingerprint density at radius 1 is 0.962 bits per heavy atom. The van der Waals surface area contributed by atoms with Gasteiger partial charge in [0.25, 0.3) is 0 Å². The summed E-state index contributed by atoms with van der Waals surface area (Å²) in [6.45, 7) is 3.31. The van der Waals surface area contributed by atoms with E-state index in [4.69, 9.17) is 4.74 Å². The molecule has 0 aliphatic heterocycles. The lowest BCUT2D eigenvalue weighted by molar-refractivity contribution is -0.116. The SMILES string of the molecule is COc1ccc(C)cc1C(=O)CCC(=O)Nc1cccc(NC(C)=O)c1. The number of methoxy groups -OCH3 is 1. The number of benzene rings is 2. The van der Waals surface area contributed by atoms with Crippen molar-refractivity contribution in [3.05, 3.63) is 53.6 Å². The second kappa shape index (κ2) is 8.80. The number of nitrogens with one attached hydrogen (secondary N) is 2. The summed E-state index contributed by atoms with van der Waals surface area (Å²) in [4.78, 5) is 35.6. The molecule has 2 aromatic rings. The maximum absolute atomic E-state index is 12.4. The van der Waals surface area contributed by atoms with Crippen molar-refractivity contribution in [3.63, 3.8) is 0 Å². The first-order valence-corrected chi connectivity index (χ1v) is 8.24. The Morgan fingerprint density at radius 3 is 2.31 bits per heavy atom. The average molecular weight is 354 g/mol. The number of aryl methyl sites for hydroxylation is 1. The van der Waals surface area contributed by atoms with Crippen molar-refractivity contribution in [1.82, 2.24) is 0 Å². The zero-order chi connectivity index (χ0) is 19.1. The number of ether oxygens (including phenoxy) is 1. The van der Waals surface area contributed by atoms with Crippen LogP contribution in [0.5, 0.6) is 5.75 Å². The highest BCUT2D eigenvalue weighted by Gasteiger charge is 2.14. The van der Waals surface area contributed by atoms with Crippen molar-refractivity contribution >= 4 is 29.0 Å². The first kappa shape index (κ1) is 19.2. The molecule has 0 spiro atoms. The summed E-state index contributed by atoms with van der Waals surface area (Å²) in [6.07, 6.45) is 0.136. The van der Waals surface area contributed by atoms with Gasteiger partial charge in [0.1, 0.15) is 5.75 Å². The summed E-state index contributed by atoms with van der Waals surface area (Å²) in [5, 5.41) is 5.38. The summed E-state index contributed by atoms with van der Waals surface area (Å²) in [7, 11) is 1.51. The fraction of sp³-hybridized carbons (Fsp3) is 0.250. The lowest BCUT2D eigenvalue weighted by Gasteiger charge is -2.10. The fourth-order valence-electron chi connectivity index (χ4n) is 2.50. The van der Waals surface area contributed by atoms with E-state index in [1.54, 1.807) is 36.4 Å². The van der Waals surface area contributed by atoms with Crippen molar-refractivity contribution in [3.8, 4) is 5.75 Å². The van der Waals surface area contributed by atoms with Crippen LogP contribution in [0.15, 0.2) is 42.5 Å². The summed E-state index contributed by atoms with van der Waals surface area (Å²) >= 11 is 0. The van der Waals surface area contributed by atoms with E-state index in [9.17, 15) is 14.4 Å². The molecule has 0 radical (unpaired) electrons. The molecule has 6 nitrogen and oxygen atoms in total. The highest BCUT2D eigenvalue weighted by Crippen LogP contribution is 2.22. The molecule has 0 heterocycles. The number of carbonyl (C=O) groups is 3. The molecule has 26 heavy (non-hydrogen) atoms. The molecule has 0 unspecified atom stereocenters. The third-order valence-electron chi connectivity index (χ3n) is 3.70. The lowest BCUT2D eigenvalue weighted by Crippen LogP contribution is -2.14. The van der Waals surface area contributed by atoms with Gasteiger partial charge in [-0.3, -0.25) is 14.4 Å². The Morgan fingerprint density at radius 2 is 1.65 bits per heavy atom. The summed E-state index contributed by atoms with van der Waals surface area (Å²) in [5.41, 5.74) is 2.58. The van der Waals surface area contributed by atoms with Gasteiger partial charge >= 0.3 is 0 Å². The van der Waals surface area contributed by atoms with Crippen LogP contribution in [0.25, 0.3) is 0 Å². The molecule has 0 atom stereocenters. The standard InChI is InChI=1S/C20H22N2O4/c1-13-7-9-19(26-3)17(11-13)18(24)8-10-20(25)22-16-6-4-5-15(12-16)21-14(2)23/h4-7,9,11-12H,8,10H2,1-3H3,(H,21,23)(H,22,25). The maximum atomic E-state index is 12.4. The number of ketones is 1. The van der Waals surface area contributed by atoms with E-state index >= 15 is 0 Å². The van der Waals surface area contributed by atoms with Crippen molar-refractivity contribution in [2.75, 3.05) is 17.7 Å². The zero-order valence-corrected chi connectivity index (χ0v) is 15.1. The summed E-state index contributed by atoms with van der Waals surface area (Å²) in [6, 6.07) is 12.2. The van der Waals surface area contributed by atoms with Gasteiger partial charge in [0, 0.05) is 31.1 Å². The van der Waals surface area contributed by atoms with Crippen LogP contribution in [0, 0.1) is 6.92 Å². The van der Waals surface area contributed by atoms with Gasteiger partial charge in [-0.1, -0.05) is 17.7 Å². The number of Topliss-reactive ketones (excluding diaryl/α,β-unsaturated/α-hetero) is 1. The van der Waals surface area contributed by atoms with Gasteiger partial charge in [-0.25, -0.2) is 0 Å².